The van der Waals surface area contributed by atoms with Gasteiger partial charge < -0.3 is 5.73 Å². The Morgan fingerprint density at radius 1 is 1.25 bits per heavy atom. The van der Waals surface area contributed by atoms with Gasteiger partial charge in [-0.1, -0.05) is 0 Å². The third-order valence-electron chi connectivity index (χ3n) is 1.95. The van der Waals surface area contributed by atoms with Crippen LogP contribution >= 0.6 is 0 Å². The van der Waals surface area contributed by atoms with E-state index in [0.717, 1.165) is 0 Å². The predicted octanol–water partition coefficient (Wildman–Crippen LogP) is 2.44. The lowest BCUT2D eigenvalue weighted by molar-refractivity contribution is -0.284. The van der Waals surface area contributed by atoms with E-state index in [4.69, 9.17) is 5.73 Å². The average Bonchev–Trinajstić information content (AvgIpc) is 2.49. The van der Waals surface area contributed by atoms with E-state index in [1.54, 1.807) is 0 Å². The Morgan fingerprint density at radius 2 is 1.88 bits per heavy atom. The molecule has 0 bridgehead atoms. The van der Waals surface area contributed by atoms with Gasteiger partial charge in [-0.05, 0) is 6.42 Å². The number of rotatable bonds is 4. The summed E-state index contributed by atoms with van der Waals surface area (Å²) in [5.74, 6) is -4.65. The molecule has 0 radical (unpaired) electrons. The molecule has 0 amide bonds. The van der Waals surface area contributed by atoms with Crippen molar-refractivity contribution < 1.29 is 22.0 Å². The summed E-state index contributed by atoms with van der Waals surface area (Å²) in [5.41, 5.74) is 5.63. The Bertz CT molecular complexity index is 344. The molecule has 0 spiro atoms. The standard InChI is InChI=1S/C8H10F5N3/c9-7(10,8(11,12)13)2-1-3-16-5-6(14)4-15-16/h4-5H,1-3,14H2. The molecule has 0 saturated carbocycles. The molecule has 1 aromatic rings. The van der Waals surface area contributed by atoms with Crippen LogP contribution in [0.15, 0.2) is 12.4 Å². The van der Waals surface area contributed by atoms with Gasteiger partial charge in [-0.2, -0.15) is 27.1 Å². The van der Waals surface area contributed by atoms with Crippen LogP contribution in [0.5, 0.6) is 0 Å². The molecule has 0 aliphatic carbocycles. The molecule has 0 unspecified atom stereocenters. The predicted molar refractivity (Wildman–Crippen MR) is 46.9 cm³/mol. The molecule has 16 heavy (non-hydrogen) atoms. The van der Waals surface area contributed by atoms with Gasteiger partial charge in [-0.25, -0.2) is 0 Å². The SMILES string of the molecule is Nc1cnn(CCCC(F)(F)C(F)(F)F)c1. The van der Waals surface area contributed by atoms with Gasteiger partial charge >= 0.3 is 12.1 Å². The number of aryl methyl sites for hydroxylation is 1. The van der Waals surface area contributed by atoms with Gasteiger partial charge in [0.2, 0.25) is 0 Å². The van der Waals surface area contributed by atoms with Crippen LogP contribution in [-0.2, 0) is 6.54 Å². The molecule has 2 N–H and O–H groups in total. The van der Waals surface area contributed by atoms with Gasteiger partial charge in [-0.3, -0.25) is 4.68 Å². The number of halogens is 5. The number of nitrogen functional groups attached to an aromatic ring is 1. The number of hydrogen-bond donors (Lipinski definition) is 1. The van der Waals surface area contributed by atoms with E-state index in [2.05, 4.69) is 5.10 Å². The average molecular weight is 243 g/mol. The minimum Gasteiger partial charge on any atom is -0.396 e. The van der Waals surface area contributed by atoms with Gasteiger partial charge in [0.1, 0.15) is 0 Å². The lowest BCUT2D eigenvalue weighted by atomic mass is 10.2. The number of nitrogens with zero attached hydrogens (tertiary/aromatic N) is 2. The third-order valence-corrected chi connectivity index (χ3v) is 1.95. The second-order valence-corrected chi connectivity index (χ2v) is 3.34. The number of hydrogen-bond acceptors (Lipinski definition) is 2. The van der Waals surface area contributed by atoms with Gasteiger partial charge in [0, 0.05) is 19.2 Å². The summed E-state index contributed by atoms with van der Waals surface area (Å²) in [6, 6.07) is 0. The first-order valence-corrected chi connectivity index (χ1v) is 4.45. The highest BCUT2D eigenvalue weighted by atomic mass is 19.4. The van der Waals surface area contributed by atoms with E-state index in [-0.39, 0.29) is 13.0 Å². The van der Waals surface area contributed by atoms with Crippen molar-refractivity contribution in [2.75, 3.05) is 5.73 Å². The summed E-state index contributed by atoms with van der Waals surface area (Å²) >= 11 is 0. The molecule has 8 heteroatoms. The molecule has 1 heterocycles. The maximum Gasteiger partial charge on any atom is 0.453 e. The van der Waals surface area contributed by atoms with E-state index in [1.165, 1.54) is 17.1 Å². The molecule has 1 aromatic heterocycles. The highest BCUT2D eigenvalue weighted by Crippen LogP contribution is 2.38. The molecular formula is C8H10F5N3. The summed E-state index contributed by atoms with van der Waals surface area (Å²) in [7, 11) is 0. The molecule has 0 atom stereocenters. The number of aromatic nitrogens is 2. The Hall–Kier alpha value is -1.34. The summed E-state index contributed by atoms with van der Waals surface area (Å²) in [4.78, 5) is 0. The number of nitrogens with two attached hydrogens (primary N) is 1. The maximum absolute atomic E-state index is 12.5. The second-order valence-electron chi connectivity index (χ2n) is 3.34. The molecule has 0 aliphatic rings. The Morgan fingerprint density at radius 3 is 2.31 bits per heavy atom. The molecule has 1 rings (SSSR count). The van der Waals surface area contributed by atoms with Crippen LogP contribution < -0.4 is 5.73 Å². The van der Waals surface area contributed by atoms with E-state index in [1.807, 2.05) is 0 Å². The van der Waals surface area contributed by atoms with Gasteiger partial charge in [0.15, 0.2) is 0 Å². The minimum absolute atomic E-state index is 0.0249. The van der Waals surface area contributed by atoms with Crippen molar-refractivity contribution in [3.05, 3.63) is 12.4 Å². The summed E-state index contributed by atoms with van der Waals surface area (Å²) < 4.78 is 61.5. The zero-order chi connectivity index (χ0) is 12.4. The van der Waals surface area contributed by atoms with Crippen LogP contribution in [0.1, 0.15) is 12.8 Å². The van der Waals surface area contributed by atoms with Crippen LogP contribution in [0, 0.1) is 0 Å². The van der Waals surface area contributed by atoms with Crippen LogP contribution in [-0.4, -0.2) is 21.9 Å². The monoisotopic (exact) mass is 243 g/mol. The highest BCUT2D eigenvalue weighted by molar-refractivity contribution is 5.30. The van der Waals surface area contributed by atoms with Crippen LogP contribution in [0.2, 0.25) is 0 Å². The van der Waals surface area contributed by atoms with Gasteiger partial charge in [0.05, 0.1) is 11.9 Å². The topological polar surface area (TPSA) is 43.8 Å². The fourth-order valence-corrected chi connectivity index (χ4v) is 1.11. The van der Waals surface area contributed by atoms with Crippen LogP contribution in [0.4, 0.5) is 27.6 Å². The Labute approximate surface area is 88.0 Å². The molecule has 0 aliphatic heterocycles. The Balaban J connectivity index is 2.41. The summed E-state index contributed by atoms with van der Waals surface area (Å²) in [6.07, 6.45) is -4.41. The first-order chi connectivity index (χ1) is 7.22. The van der Waals surface area contributed by atoms with Gasteiger partial charge in [0.25, 0.3) is 0 Å². The van der Waals surface area contributed by atoms with Crippen molar-refractivity contribution in [3.63, 3.8) is 0 Å². The van der Waals surface area contributed by atoms with E-state index < -0.39 is 18.5 Å². The van der Waals surface area contributed by atoms with Crippen molar-refractivity contribution in [1.82, 2.24) is 9.78 Å². The molecule has 0 aromatic carbocycles. The van der Waals surface area contributed by atoms with Crippen molar-refractivity contribution in [2.45, 2.75) is 31.5 Å². The van der Waals surface area contributed by atoms with Crippen molar-refractivity contribution >= 4 is 5.69 Å². The Kier molecular flexibility index (Phi) is 3.39. The lowest BCUT2D eigenvalue weighted by Gasteiger charge is -2.19. The summed E-state index contributed by atoms with van der Waals surface area (Å²) in [6.45, 7) is -0.0249. The first kappa shape index (κ1) is 12.7. The molecule has 92 valence electrons. The fourth-order valence-electron chi connectivity index (χ4n) is 1.11. The zero-order valence-electron chi connectivity index (χ0n) is 8.14. The normalized spacial score (nSPS) is 13.1. The van der Waals surface area contributed by atoms with Crippen LogP contribution in [0.25, 0.3) is 0 Å². The highest BCUT2D eigenvalue weighted by Gasteiger charge is 2.56. The second kappa shape index (κ2) is 4.26. The molecule has 0 saturated heterocycles. The smallest absolute Gasteiger partial charge is 0.396 e. The van der Waals surface area contributed by atoms with Crippen molar-refractivity contribution in [3.8, 4) is 0 Å². The van der Waals surface area contributed by atoms with Gasteiger partial charge in [-0.15, -0.1) is 0 Å². The van der Waals surface area contributed by atoms with E-state index in [0.29, 0.717) is 5.69 Å². The van der Waals surface area contributed by atoms with E-state index in [9.17, 15) is 22.0 Å². The van der Waals surface area contributed by atoms with Crippen molar-refractivity contribution in [1.29, 1.82) is 0 Å². The minimum atomic E-state index is -5.49. The number of alkyl halides is 5. The third kappa shape index (κ3) is 3.07. The maximum atomic E-state index is 12.5. The lowest BCUT2D eigenvalue weighted by Crippen LogP contribution is -2.36. The fraction of sp³-hybridized carbons (Fsp3) is 0.625. The van der Waals surface area contributed by atoms with Crippen LogP contribution in [0.3, 0.4) is 0 Å². The number of anilines is 1. The molecule has 0 fully saturated rings. The van der Waals surface area contributed by atoms with E-state index >= 15 is 0 Å². The molecule has 3 nitrogen and oxygen atoms in total. The zero-order valence-corrected chi connectivity index (χ0v) is 8.14. The first-order valence-electron chi connectivity index (χ1n) is 4.45. The summed E-state index contributed by atoms with van der Waals surface area (Å²) in [5, 5.41) is 3.66. The quantitative estimate of drug-likeness (QED) is 0.825. The van der Waals surface area contributed by atoms with Crippen molar-refractivity contribution in [2.24, 2.45) is 0 Å². The molecular weight excluding hydrogens is 233 g/mol. The largest absolute Gasteiger partial charge is 0.453 e.